The van der Waals surface area contributed by atoms with E-state index in [1.54, 1.807) is 4.40 Å². The third-order valence-corrected chi connectivity index (χ3v) is 4.67. The Bertz CT molecular complexity index is 1140. The van der Waals surface area contributed by atoms with Crippen LogP contribution in [0.1, 0.15) is 12.5 Å². The van der Waals surface area contributed by atoms with Crippen LogP contribution < -0.4 is 10.1 Å². The van der Waals surface area contributed by atoms with Crippen LogP contribution in [0.15, 0.2) is 65.0 Å². The van der Waals surface area contributed by atoms with Gasteiger partial charge in [-0.2, -0.15) is 0 Å². The standard InChI is InChI=1S/C19H14N2OS/c1-13(11-14-7-3-2-4-8-14)12-17-18(22)21-16-10-6-5-9-15(16)20-19(21)23-17/h2-12H,1H3. The number of hydrogen-bond donors (Lipinski definition) is 0. The maximum atomic E-state index is 12.7. The first-order valence-corrected chi connectivity index (χ1v) is 8.19. The molecule has 2 aromatic heterocycles. The highest BCUT2D eigenvalue weighted by Gasteiger charge is 2.10. The summed E-state index contributed by atoms with van der Waals surface area (Å²) in [4.78, 5) is 17.9. The van der Waals surface area contributed by atoms with Crippen LogP contribution in [0.5, 0.6) is 0 Å². The minimum absolute atomic E-state index is 0.000452. The first-order chi connectivity index (χ1) is 11.2. The molecule has 0 fully saturated rings. The Hall–Kier alpha value is -2.72. The second-order valence-corrected chi connectivity index (χ2v) is 6.44. The smallest absolute Gasteiger partial charge is 0.267 e. The van der Waals surface area contributed by atoms with E-state index < -0.39 is 0 Å². The van der Waals surface area contributed by atoms with E-state index in [0.29, 0.717) is 4.53 Å². The molecule has 112 valence electrons. The predicted molar refractivity (Wildman–Crippen MR) is 96.6 cm³/mol. The van der Waals surface area contributed by atoms with Crippen molar-refractivity contribution < 1.29 is 0 Å². The number of fused-ring (bicyclic) bond motifs is 3. The third-order valence-electron chi connectivity index (χ3n) is 3.70. The second-order valence-electron chi connectivity index (χ2n) is 5.43. The molecular weight excluding hydrogens is 304 g/mol. The molecule has 3 nitrogen and oxygen atoms in total. The maximum Gasteiger partial charge on any atom is 0.274 e. The van der Waals surface area contributed by atoms with Gasteiger partial charge < -0.3 is 0 Å². The molecule has 0 bridgehead atoms. The number of hydrogen-bond acceptors (Lipinski definition) is 3. The third kappa shape index (κ3) is 2.47. The van der Waals surface area contributed by atoms with Gasteiger partial charge in [0.05, 0.1) is 15.6 Å². The van der Waals surface area contributed by atoms with Gasteiger partial charge >= 0.3 is 0 Å². The van der Waals surface area contributed by atoms with Crippen molar-refractivity contribution in [2.45, 2.75) is 6.92 Å². The van der Waals surface area contributed by atoms with Crippen molar-refractivity contribution in [3.05, 3.63) is 80.6 Å². The monoisotopic (exact) mass is 318 g/mol. The van der Waals surface area contributed by atoms with Crippen LogP contribution in [-0.2, 0) is 0 Å². The lowest BCUT2D eigenvalue weighted by Crippen LogP contribution is -2.22. The van der Waals surface area contributed by atoms with E-state index in [0.717, 1.165) is 27.1 Å². The zero-order chi connectivity index (χ0) is 15.8. The van der Waals surface area contributed by atoms with Crippen molar-refractivity contribution in [1.82, 2.24) is 9.38 Å². The topological polar surface area (TPSA) is 34.4 Å². The van der Waals surface area contributed by atoms with E-state index in [9.17, 15) is 4.79 Å². The molecule has 2 aromatic carbocycles. The number of nitrogens with zero attached hydrogens (tertiary/aromatic N) is 2. The highest BCUT2D eigenvalue weighted by Crippen LogP contribution is 2.15. The summed E-state index contributed by atoms with van der Waals surface area (Å²) in [6.45, 7) is 2.01. The van der Waals surface area contributed by atoms with Crippen molar-refractivity contribution in [2.24, 2.45) is 0 Å². The molecule has 0 saturated heterocycles. The predicted octanol–water partition coefficient (Wildman–Crippen LogP) is 3.51. The van der Waals surface area contributed by atoms with Crippen molar-refractivity contribution in [3.63, 3.8) is 0 Å². The van der Waals surface area contributed by atoms with Gasteiger partial charge in [-0.05, 0) is 36.3 Å². The fraction of sp³-hybridized carbons (Fsp3) is 0.0526. The van der Waals surface area contributed by atoms with Gasteiger partial charge in [-0.25, -0.2) is 9.38 Å². The van der Waals surface area contributed by atoms with Gasteiger partial charge in [0, 0.05) is 0 Å². The molecule has 0 aliphatic heterocycles. The number of para-hydroxylation sites is 2. The van der Waals surface area contributed by atoms with Gasteiger partial charge in [0.1, 0.15) is 0 Å². The zero-order valence-electron chi connectivity index (χ0n) is 12.6. The average molecular weight is 318 g/mol. The number of aromatic nitrogens is 2. The molecule has 0 spiro atoms. The van der Waals surface area contributed by atoms with E-state index in [-0.39, 0.29) is 5.56 Å². The molecule has 0 atom stereocenters. The maximum absolute atomic E-state index is 12.7. The van der Waals surface area contributed by atoms with Gasteiger partial charge in [0.2, 0.25) is 0 Å². The van der Waals surface area contributed by atoms with Crippen molar-refractivity contribution in [1.29, 1.82) is 0 Å². The van der Waals surface area contributed by atoms with E-state index in [1.807, 2.05) is 67.6 Å². The van der Waals surface area contributed by atoms with Gasteiger partial charge in [-0.3, -0.25) is 4.79 Å². The molecule has 23 heavy (non-hydrogen) atoms. The number of benzene rings is 2. The number of rotatable bonds is 2. The van der Waals surface area contributed by atoms with Gasteiger partial charge in [0.15, 0.2) is 4.96 Å². The summed E-state index contributed by atoms with van der Waals surface area (Å²) in [6.07, 6.45) is 4.00. The molecule has 0 radical (unpaired) electrons. The van der Waals surface area contributed by atoms with E-state index >= 15 is 0 Å². The van der Waals surface area contributed by atoms with Crippen LogP contribution in [0.25, 0.3) is 28.1 Å². The van der Waals surface area contributed by atoms with Crippen LogP contribution in [0.3, 0.4) is 0 Å². The summed E-state index contributed by atoms with van der Waals surface area (Å²) in [5.41, 5.74) is 3.90. The molecule has 0 unspecified atom stereocenters. The lowest BCUT2D eigenvalue weighted by molar-refractivity contribution is 1.19. The molecule has 0 N–H and O–H groups in total. The normalized spacial score (nSPS) is 13.3. The van der Waals surface area contributed by atoms with Crippen LogP contribution in [0.4, 0.5) is 0 Å². The fourth-order valence-corrected chi connectivity index (χ4v) is 3.71. The first-order valence-electron chi connectivity index (χ1n) is 7.37. The quantitative estimate of drug-likeness (QED) is 0.567. The molecule has 2 heterocycles. The highest BCUT2D eigenvalue weighted by molar-refractivity contribution is 7.15. The average Bonchev–Trinajstić information content (AvgIpc) is 3.05. The van der Waals surface area contributed by atoms with Crippen LogP contribution in [-0.4, -0.2) is 9.38 Å². The first kappa shape index (κ1) is 13.9. The lowest BCUT2D eigenvalue weighted by atomic mass is 10.1. The van der Waals surface area contributed by atoms with Gasteiger partial charge in [0.25, 0.3) is 5.56 Å². The van der Waals surface area contributed by atoms with Crippen LogP contribution in [0, 0.1) is 0 Å². The molecule has 0 amide bonds. The molecule has 4 heteroatoms. The van der Waals surface area contributed by atoms with E-state index in [4.69, 9.17) is 0 Å². The number of allylic oxidation sites excluding steroid dienone is 1. The molecule has 4 rings (SSSR count). The Morgan fingerprint density at radius 2 is 1.83 bits per heavy atom. The molecule has 0 saturated carbocycles. The van der Waals surface area contributed by atoms with Gasteiger partial charge in [-0.1, -0.05) is 59.9 Å². The SMILES string of the molecule is CC(=Cc1ccccc1)C=c1sc2nc3ccccc3n2c1=O. The highest BCUT2D eigenvalue weighted by atomic mass is 32.1. The van der Waals surface area contributed by atoms with Crippen molar-refractivity contribution in [2.75, 3.05) is 0 Å². The molecule has 0 aliphatic carbocycles. The fourth-order valence-electron chi connectivity index (χ4n) is 2.67. The molecule has 0 aliphatic rings. The Morgan fingerprint density at radius 3 is 2.65 bits per heavy atom. The summed E-state index contributed by atoms with van der Waals surface area (Å²) < 4.78 is 2.41. The lowest BCUT2D eigenvalue weighted by Gasteiger charge is -1.93. The van der Waals surface area contributed by atoms with E-state index in [2.05, 4.69) is 11.1 Å². The Balaban J connectivity index is 1.87. The summed E-state index contributed by atoms with van der Waals surface area (Å²) >= 11 is 1.43. The summed E-state index contributed by atoms with van der Waals surface area (Å²) in [5.74, 6) is 0. The summed E-state index contributed by atoms with van der Waals surface area (Å²) in [5, 5.41) is 0. The van der Waals surface area contributed by atoms with Crippen LogP contribution >= 0.6 is 11.3 Å². The van der Waals surface area contributed by atoms with Crippen LogP contribution in [0.2, 0.25) is 0 Å². The number of imidazole rings is 1. The Kier molecular flexibility index (Phi) is 3.32. The summed E-state index contributed by atoms with van der Waals surface area (Å²) in [7, 11) is 0. The zero-order valence-corrected chi connectivity index (χ0v) is 13.4. The second kappa shape index (κ2) is 5.48. The molecule has 4 aromatic rings. The Labute approximate surface area is 136 Å². The largest absolute Gasteiger partial charge is 0.274 e. The minimum Gasteiger partial charge on any atom is -0.267 e. The van der Waals surface area contributed by atoms with E-state index in [1.165, 1.54) is 11.3 Å². The Morgan fingerprint density at radius 1 is 1.09 bits per heavy atom. The van der Waals surface area contributed by atoms with Gasteiger partial charge in [-0.15, -0.1) is 0 Å². The van der Waals surface area contributed by atoms with Crippen molar-refractivity contribution in [3.8, 4) is 0 Å². The molecular formula is C19H14N2OS. The summed E-state index contributed by atoms with van der Waals surface area (Å²) in [6, 6.07) is 17.8. The minimum atomic E-state index is -0.000452. The number of thiazole rings is 1. The van der Waals surface area contributed by atoms with Crippen molar-refractivity contribution >= 4 is 39.5 Å².